The molecule has 6 nitrogen and oxygen atoms in total. The van der Waals surface area contributed by atoms with Gasteiger partial charge >= 0.3 is 0 Å². The van der Waals surface area contributed by atoms with Crippen molar-refractivity contribution in [3.05, 3.63) is 35.0 Å². The molecule has 0 aliphatic rings. The molecule has 0 aliphatic carbocycles. The minimum Gasteiger partial charge on any atom is -0.381 e. The highest BCUT2D eigenvalue weighted by Crippen LogP contribution is 2.24. The maximum absolute atomic E-state index is 12.3. The van der Waals surface area contributed by atoms with Crippen molar-refractivity contribution in [1.82, 2.24) is 9.78 Å². The number of rotatable bonds is 5. The standard InChI is InChI=1S/C13H17ClN4O2S/c1-3-6-18-8-12(13(15)16-18)21(19,20)17-10-5-4-9(2)11(14)7-10/h4-5,7-8,17H,3,6H2,1-2H3,(H2,15,16). The van der Waals surface area contributed by atoms with E-state index in [1.807, 2.05) is 13.8 Å². The van der Waals surface area contributed by atoms with Gasteiger partial charge in [-0.05, 0) is 31.0 Å². The molecular weight excluding hydrogens is 312 g/mol. The molecule has 21 heavy (non-hydrogen) atoms. The molecule has 0 amide bonds. The lowest BCUT2D eigenvalue weighted by Gasteiger charge is -2.08. The fourth-order valence-corrected chi connectivity index (χ4v) is 3.14. The van der Waals surface area contributed by atoms with Crippen molar-refractivity contribution in [2.24, 2.45) is 0 Å². The Morgan fingerprint density at radius 3 is 2.76 bits per heavy atom. The van der Waals surface area contributed by atoms with Gasteiger partial charge in [-0.15, -0.1) is 0 Å². The Hall–Kier alpha value is -1.73. The summed E-state index contributed by atoms with van der Waals surface area (Å²) in [5.41, 5.74) is 6.94. The molecule has 0 aliphatic heterocycles. The maximum Gasteiger partial charge on any atom is 0.267 e. The normalized spacial score (nSPS) is 11.6. The van der Waals surface area contributed by atoms with Gasteiger partial charge in [-0.1, -0.05) is 24.6 Å². The molecular formula is C13H17ClN4O2S. The fraction of sp³-hybridized carbons (Fsp3) is 0.308. The van der Waals surface area contributed by atoms with Gasteiger partial charge < -0.3 is 5.73 Å². The SMILES string of the molecule is CCCn1cc(S(=O)(=O)Nc2ccc(C)c(Cl)c2)c(N)n1. The first-order valence-corrected chi connectivity index (χ1v) is 8.31. The van der Waals surface area contributed by atoms with Crippen LogP contribution in [0.4, 0.5) is 11.5 Å². The first-order valence-electron chi connectivity index (χ1n) is 6.45. The molecule has 0 atom stereocenters. The molecule has 0 saturated carbocycles. The molecule has 0 radical (unpaired) electrons. The summed E-state index contributed by atoms with van der Waals surface area (Å²) in [5.74, 6) is -0.0193. The summed E-state index contributed by atoms with van der Waals surface area (Å²) in [5, 5.41) is 4.48. The van der Waals surface area contributed by atoms with E-state index in [0.29, 0.717) is 17.3 Å². The van der Waals surface area contributed by atoms with Gasteiger partial charge in [-0.2, -0.15) is 5.10 Å². The second-order valence-electron chi connectivity index (χ2n) is 4.71. The highest BCUT2D eigenvalue weighted by Gasteiger charge is 2.21. The Morgan fingerprint density at radius 2 is 2.14 bits per heavy atom. The van der Waals surface area contributed by atoms with E-state index in [1.54, 1.807) is 18.2 Å². The minimum atomic E-state index is -3.79. The van der Waals surface area contributed by atoms with E-state index in [4.69, 9.17) is 17.3 Å². The number of nitrogens with zero attached hydrogens (tertiary/aromatic N) is 2. The van der Waals surface area contributed by atoms with Crippen molar-refractivity contribution in [3.8, 4) is 0 Å². The number of hydrogen-bond donors (Lipinski definition) is 2. The van der Waals surface area contributed by atoms with E-state index in [-0.39, 0.29) is 10.7 Å². The number of anilines is 2. The third-order valence-corrected chi connectivity index (χ3v) is 4.73. The second-order valence-corrected chi connectivity index (χ2v) is 6.77. The molecule has 1 aromatic carbocycles. The fourth-order valence-electron chi connectivity index (χ4n) is 1.84. The van der Waals surface area contributed by atoms with Crippen LogP contribution in [0.25, 0.3) is 0 Å². The van der Waals surface area contributed by atoms with Crippen LogP contribution in [0.15, 0.2) is 29.3 Å². The Labute approximate surface area is 129 Å². The Kier molecular flexibility index (Phi) is 4.43. The summed E-state index contributed by atoms with van der Waals surface area (Å²) < 4.78 is 28.7. The average molecular weight is 329 g/mol. The number of sulfonamides is 1. The maximum atomic E-state index is 12.3. The topological polar surface area (TPSA) is 90.0 Å². The summed E-state index contributed by atoms with van der Waals surface area (Å²) in [4.78, 5) is -0.0346. The molecule has 0 saturated heterocycles. The van der Waals surface area contributed by atoms with Crippen LogP contribution in [-0.4, -0.2) is 18.2 Å². The molecule has 0 unspecified atom stereocenters. The zero-order valence-electron chi connectivity index (χ0n) is 11.8. The molecule has 0 fully saturated rings. The predicted molar refractivity (Wildman–Crippen MR) is 83.9 cm³/mol. The van der Waals surface area contributed by atoms with Crippen molar-refractivity contribution in [3.63, 3.8) is 0 Å². The van der Waals surface area contributed by atoms with Crippen LogP contribution in [0.3, 0.4) is 0 Å². The van der Waals surface area contributed by atoms with Crippen molar-refractivity contribution < 1.29 is 8.42 Å². The van der Waals surface area contributed by atoms with E-state index < -0.39 is 10.0 Å². The number of aryl methyl sites for hydroxylation is 2. The van der Waals surface area contributed by atoms with Crippen molar-refractivity contribution in [2.75, 3.05) is 10.5 Å². The van der Waals surface area contributed by atoms with Gasteiger partial charge in [-0.25, -0.2) is 8.42 Å². The number of nitrogens with one attached hydrogen (secondary N) is 1. The van der Waals surface area contributed by atoms with Crippen LogP contribution >= 0.6 is 11.6 Å². The average Bonchev–Trinajstić information content (AvgIpc) is 2.76. The number of benzene rings is 1. The molecule has 2 rings (SSSR count). The summed E-state index contributed by atoms with van der Waals surface area (Å²) in [7, 11) is -3.79. The molecule has 2 aromatic rings. The van der Waals surface area contributed by atoms with Crippen molar-refractivity contribution >= 4 is 33.1 Å². The Bertz CT molecular complexity index is 756. The molecule has 1 heterocycles. The number of halogens is 1. The third-order valence-electron chi connectivity index (χ3n) is 2.92. The van der Waals surface area contributed by atoms with E-state index in [1.165, 1.54) is 10.9 Å². The lowest BCUT2D eigenvalue weighted by atomic mass is 10.2. The van der Waals surface area contributed by atoms with Crippen LogP contribution in [0.5, 0.6) is 0 Å². The van der Waals surface area contributed by atoms with Crippen molar-refractivity contribution in [2.45, 2.75) is 31.7 Å². The van der Waals surface area contributed by atoms with E-state index in [9.17, 15) is 8.42 Å². The van der Waals surface area contributed by atoms with E-state index >= 15 is 0 Å². The Morgan fingerprint density at radius 1 is 1.43 bits per heavy atom. The van der Waals surface area contributed by atoms with E-state index in [0.717, 1.165) is 12.0 Å². The van der Waals surface area contributed by atoms with Gasteiger partial charge in [0.15, 0.2) is 5.82 Å². The zero-order chi connectivity index (χ0) is 15.6. The number of nitrogen functional groups attached to an aromatic ring is 1. The molecule has 0 spiro atoms. The van der Waals surface area contributed by atoms with Crippen molar-refractivity contribution in [1.29, 1.82) is 0 Å². The summed E-state index contributed by atoms with van der Waals surface area (Å²) in [6.45, 7) is 4.42. The zero-order valence-corrected chi connectivity index (χ0v) is 13.4. The van der Waals surface area contributed by atoms with Gasteiger partial charge in [0.2, 0.25) is 0 Å². The molecule has 114 valence electrons. The highest BCUT2D eigenvalue weighted by molar-refractivity contribution is 7.92. The first-order chi connectivity index (χ1) is 9.83. The quantitative estimate of drug-likeness (QED) is 0.882. The minimum absolute atomic E-state index is 0.0193. The van der Waals surface area contributed by atoms with Crippen LogP contribution in [-0.2, 0) is 16.6 Å². The third kappa shape index (κ3) is 3.48. The molecule has 8 heteroatoms. The van der Waals surface area contributed by atoms with Crippen LogP contribution < -0.4 is 10.5 Å². The van der Waals surface area contributed by atoms with E-state index in [2.05, 4.69) is 9.82 Å². The summed E-state index contributed by atoms with van der Waals surface area (Å²) in [6, 6.07) is 4.94. The number of hydrogen-bond acceptors (Lipinski definition) is 4. The second kappa shape index (κ2) is 5.95. The number of nitrogens with two attached hydrogens (primary N) is 1. The van der Waals surface area contributed by atoms with Gasteiger partial charge in [0, 0.05) is 17.8 Å². The molecule has 1 aromatic heterocycles. The molecule has 3 N–H and O–H groups in total. The van der Waals surface area contributed by atoms with Gasteiger partial charge in [0.1, 0.15) is 4.90 Å². The van der Waals surface area contributed by atoms with Gasteiger partial charge in [0.25, 0.3) is 10.0 Å². The lowest BCUT2D eigenvalue weighted by Crippen LogP contribution is -2.14. The number of aromatic nitrogens is 2. The Balaban J connectivity index is 2.31. The largest absolute Gasteiger partial charge is 0.381 e. The first kappa shape index (κ1) is 15.7. The molecule has 0 bridgehead atoms. The van der Waals surface area contributed by atoms with Gasteiger partial charge in [0.05, 0.1) is 5.69 Å². The highest BCUT2D eigenvalue weighted by atomic mass is 35.5. The lowest BCUT2D eigenvalue weighted by molar-refractivity contribution is 0.595. The smallest absolute Gasteiger partial charge is 0.267 e. The van der Waals surface area contributed by atoms with Crippen LogP contribution in [0, 0.1) is 6.92 Å². The summed E-state index contributed by atoms with van der Waals surface area (Å²) in [6.07, 6.45) is 2.26. The van der Waals surface area contributed by atoms with Crippen LogP contribution in [0.1, 0.15) is 18.9 Å². The van der Waals surface area contributed by atoms with Gasteiger partial charge in [-0.3, -0.25) is 9.40 Å². The van der Waals surface area contributed by atoms with Crippen LogP contribution in [0.2, 0.25) is 5.02 Å². The monoisotopic (exact) mass is 328 g/mol. The summed E-state index contributed by atoms with van der Waals surface area (Å²) >= 11 is 5.99. The predicted octanol–water partition coefficient (Wildman–Crippen LogP) is 2.64.